The van der Waals surface area contributed by atoms with Gasteiger partial charge in [0.1, 0.15) is 5.82 Å². The van der Waals surface area contributed by atoms with E-state index < -0.39 is 11.9 Å². The van der Waals surface area contributed by atoms with Crippen LogP contribution in [0.5, 0.6) is 0 Å². The molecule has 92 valence electrons. The van der Waals surface area contributed by atoms with Crippen LogP contribution in [0.2, 0.25) is 0 Å². The number of aliphatic carboxylic acids is 1. The quantitative estimate of drug-likeness (QED) is 0.774. The first-order valence-corrected chi connectivity index (χ1v) is 5.09. The smallest absolute Gasteiger partial charge is 0.328 e. The Bertz CT molecular complexity index is 645. The summed E-state index contributed by atoms with van der Waals surface area (Å²) < 4.78 is 1.53. The molecule has 0 aliphatic heterocycles. The predicted molar refractivity (Wildman–Crippen MR) is 63.1 cm³/mol. The lowest BCUT2D eigenvalue weighted by molar-refractivity contribution is -0.131. The predicted octanol–water partition coefficient (Wildman–Crippen LogP) is 0.617. The number of carbonyl (C=O) groups excluding carboxylic acids is 1. The number of nitrogens with zero attached hydrogens (tertiary/aromatic N) is 3. The highest BCUT2D eigenvalue weighted by Crippen LogP contribution is 2.09. The van der Waals surface area contributed by atoms with E-state index in [4.69, 9.17) is 5.11 Å². The second-order valence-electron chi connectivity index (χ2n) is 3.54. The van der Waals surface area contributed by atoms with Gasteiger partial charge in [0.05, 0.1) is 11.9 Å². The fraction of sp³-hybridized carbons (Fsp3) is 0.0909. The van der Waals surface area contributed by atoms with Crippen molar-refractivity contribution in [3.63, 3.8) is 0 Å². The Labute approximate surface area is 102 Å². The molecule has 0 spiro atoms. The summed E-state index contributed by atoms with van der Waals surface area (Å²) in [6.07, 6.45) is 3.31. The van der Waals surface area contributed by atoms with Crippen molar-refractivity contribution in [1.29, 1.82) is 0 Å². The Kier molecular flexibility index (Phi) is 3.05. The van der Waals surface area contributed by atoms with Crippen LogP contribution in [-0.4, -0.2) is 31.6 Å². The largest absolute Gasteiger partial charge is 0.478 e. The van der Waals surface area contributed by atoms with Crippen molar-refractivity contribution in [3.8, 4) is 0 Å². The normalized spacial score (nSPS) is 10.9. The Balaban J connectivity index is 2.16. The molecule has 0 aliphatic carbocycles. The summed E-state index contributed by atoms with van der Waals surface area (Å²) in [4.78, 5) is 25.7. The number of amides is 1. The van der Waals surface area contributed by atoms with Crippen LogP contribution in [0, 0.1) is 6.92 Å². The number of aryl methyl sites for hydroxylation is 1. The highest BCUT2D eigenvalue weighted by Gasteiger charge is 2.02. The fourth-order valence-corrected chi connectivity index (χ4v) is 1.40. The zero-order valence-electron chi connectivity index (χ0n) is 9.49. The van der Waals surface area contributed by atoms with Crippen molar-refractivity contribution in [2.24, 2.45) is 0 Å². The van der Waals surface area contributed by atoms with E-state index in [-0.39, 0.29) is 0 Å². The number of hydrogen-bond acceptors (Lipinski definition) is 4. The monoisotopic (exact) mass is 246 g/mol. The van der Waals surface area contributed by atoms with Gasteiger partial charge in [-0.1, -0.05) is 0 Å². The van der Waals surface area contributed by atoms with Gasteiger partial charge in [-0.15, -0.1) is 0 Å². The first-order chi connectivity index (χ1) is 8.54. The van der Waals surface area contributed by atoms with Crippen LogP contribution in [0.15, 0.2) is 30.5 Å². The van der Waals surface area contributed by atoms with Crippen molar-refractivity contribution in [1.82, 2.24) is 14.6 Å². The van der Waals surface area contributed by atoms with Gasteiger partial charge >= 0.3 is 5.97 Å². The van der Waals surface area contributed by atoms with Gasteiger partial charge in [-0.05, 0) is 19.1 Å². The molecule has 0 unspecified atom stereocenters. The highest BCUT2D eigenvalue weighted by molar-refractivity contribution is 6.02. The number of hydrogen-bond donors (Lipinski definition) is 2. The molecule has 2 heterocycles. The third-order valence-electron chi connectivity index (χ3n) is 2.08. The van der Waals surface area contributed by atoms with E-state index in [9.17, 15) is 9.59 Å². The van der Waals surface area contributed by atoms with E-state index >= 15 is 0 Å². The zero-order chi connectivity index (χ0) is 13.1. The summed E-state index contributed by atoms with van der Waals surface area (Å²) in [6.45, 7) is 1.76. The van der Waals surface area contributed by atoms with Gasteiger partial charge in [0.15, 0.2) is 5.65 Å². The fourth-order valence-electron chi connectivity index (χ4n) is 1.40. The topological polar surface area (TPSA) is 96.6 Å². The summed E-state index contributed by atoms with van der Waals surface area (Å²) in [5, 5.41) is 15.0. The average Bonchev–Trinajstić information content (AvgIpc) is 2.66. The molecule has 2 N–H and O–H groups in total. The maximum absolute atomic E-state index is 11.4. The Morgan fingerprint density at radius 3 is 2.89 bits per heavy atom. The SMILES string of the molecule is Cc1nc2ccc(NC(=O)/C=C/C(=O)O)cn2n1. The highest BCUT2D eigenvalue weighted by atomic mass is 16.4. The van der Waals surface area contributed by atoms with E-state index in [0.717, 1.165) is 12.2 Å². The summed E-state index contributed by atoms with van der Waals surface area (Å²) in [7, 11) is 0. The molecule has 0 radical (unpaired) electrons. The number of carboxylic acid groups (broad SMARTS) is 1. The molecule has 0 bridgehead atoms. The summed E-state index contributed by atoms with van der Waals surface area (Å²) in [6, 6.07) is 3.37. The molecule has 1 amide bonds. The number of fused-ring (bicyclic) bond motifs is 1. The molecule has 2 aromatic rings. The molecule has 0 saturated heterocycles. The van der Waals surface area contributed by atoms with Crippen molar-refractivity contribution >= 4 is 23.2 Å². The summed E-state index contributed by atoms with van der Waals surface area (Å²) >= 11 is 0. The molecule has 0 aromatic carbocycles. The van der Waals surface area contributed by atoms with Crippen molar-refractivity contribution in [2.75, 3.05) is 5.32 Å². The number of pyridine rings is 1. The van der Waals surface area contributed by atoms with Crippen LogP contribution in [0.25, 0.3) is 5.65 Å². The van der Waals surface area contributed by atoms with Gasteiger partial charge in [-0.2, -0.15) is 5.10 Å². The van der Waals surface area contributed by atoms with E-state index in [1.165, 1.54) is 4.52 Å². The Morgan fingerprint density at radius 1 is 1.39 bits per heavy atom. The van der Waals surface area contributed by atoms with E-state index in [2.05, 4.69) is 15.4 Å². The van der Waals surface area contributed by atoms with Gasteiger partial charge in [0.2, 0.25) is 5.91 Å². The Morgan fingerprint density at radius 2 is 2.17 bits per heavy atom. The van der Waals surface area contributed by atoms with Gasteiger partial charge in [0.25, 0.3) is 0 Å². The molecule has 0 saturated carbocycles. The van der Waals surface area contributed by atoms with Crippen LogP contribution in [-0.2, 0) is 9.59 Å². The number of anilines is 1. The second-order valence-corrected chi connectivity index (χ2v) is 3.54. The minimum Gasteiger partial charge on any atom is -0.478 e. The Hall–Kier alpha value is -2.70. The van der Waals surface area contributed by atoms with Crippen molar-refractivity contribution in [2.45, 2.75) is 6.92 Å². The van der Waals surface area contributed by atoms with Crippen LogP contribution in [0.4, 0.5) is 5.69 Å². The minimum absolute atomic E-state index is 0.507. The molecule has 0 fully saturated rings. The van der Waals surface area contributed by atoms with Gasteiger partial charge in [-0.25, -0.2) is 14.3 Å². The van der Waals surface area contributed by atoms with Crippen LogP contribution < -0.4 is 5.32 Å². The molecular formula is C11H10N4O3. The minimum atomic E-state index is -1.17. The molecule has 2 aromatic heterocycles. The second kappa shape index (κ2) is 4.66. The van der Waals surface area contributed by atoms with Crippen LogP contribution in [0.3, 0.4) is 0 Å². The van der Waals surface area contributed by atoms with Gasteiger partial charge < -0.3 is 10.4 Å². The molecule has 2 rings (SSSR count). The number of carboxylic acids is 1. The number of nitrogens with one attached hydrogen (secondary N) is 1. The molecule has 18 heavy (non-hydrogen) atoms. The molecule has 0 atom stereocenters. The van der Waals surface area contributed by atoms with Crippen LogP contribution in [0.1, 0.15) is 5.82 Å². The zero-order valence-corrected chi connectivity index (χ0v) is 9.49. The maximum Gasteiger partial charge on any atom is 0.328 e. The third-order valence-corrected chi connectivity index (χ3v) is 2.08. The number of aromatic nitrogens is 3. The molecular weight excluding hydrogens is 236 g/mol. The van der Waals surface area contributed by atoms with Crippen molar-refractivity contribution < 1.29 is 14.7 Å². The molecule has 0 aliphatic rings. The molecule has 7 heteroatoms. The average molecular weight is 246 g/mol. The standard InChI is InChI=1S/C11H10N4O3/c1-7-12-9-3-2-8(6-15(9)14-7)13-10(16)4-5-11(17)18/h2-6H,1H3,(H,13,16)(H,17,18)/b5-4+. The number of carbonyl (C=O) groups is 2. The lowest BCUT2D eigenvalue weighted by Crippen LogP contribution is -2.09. The lowest BCUT2D eigenvalue weighted by atomic mass is 10.4. The first-order valence-electron chi connectivity index (χ1n) is 5.09. The first kappa shape index (κ1) is 11.8. The van der Waals surface area contributed by atoms with Gasteiger partial charge in [0, 0.05) is 12.2 Å². The maximum atomic E-state index is 11.4. The van der Waals surface area contributed by atoms with Crippen molar-refractivity contribution in [3.05, 3.63) is 36.3 Å². The summed E-state index contributed by atoms with van der Waals surface area (Å²) in [5.41, 5.74) is 1.18. The number of rotatable bonds is 3. The van der Waals surface area contributed by atoms with E-state index in [0.29, 0.717) is 17.2 Å². The van der Waals surface area contributed by atoms with E-state index in [1.807, 2.05) is 0 Å². The lowest BCUT2D eigenvalue weighted by Gasteiger charge is -2.01. The third kappa shape index (κ3) is 2.70. The molecule has 7 nitrogen and oxygen atoms in total. The van der Waals surface area contributed by atoms with E-state index in [1.54, 1.807) is 25.3 Å². The van der Waals surface area contributed by atoms with Gasteiger partial charge in [-0.3, -0.25) is 4.79 Å². The van der Waals surface area contributed by atoms with Crippen LogP contribution >= 0.6 is 0 Å². The summed E-state index contributed by atoms with van der Waals surface area (Å²) in [5.74, 6) is -1.06.